The smallest absolute Gasteiger partial charge is 0.288 e. The van der Waals surface area contributed by atoms with E-state index < -0.39 is 21.7 Å². The van der Waals surface area contributed by atoms with E-state index >= 15 is 0 Å². The monoisotopic (exact) mass is 441 g/mol. The van der Waals surface area contributed by atoms with Crippen LogP contribution in [-0.4, -0.2) is 62.5 Å². The van der Waals surface area contributed by atoms with Crippen LogP contribution in [0, 0.1) is 0 Å². The molecular weight excluding hydrogens is 420 g/mol. The molecule has 1 fully saturated rings. The SMILES string of the molecule is CN1CCN(S(=O)(=O)c2cccc(C(=O)Nc3ccc(SC(F)F)cc3)c2)CC1. The highest BCUT2D eigenvalue weighted by atomic mass is 32.2. The second-order valence-electron chi connectivity index (χ2n) is 6.59. The Morgan fingerprint density at radius 2 is 1.72 bits per heavy atom. The highest BCUT2D eigenvalue weighted by Crippen LogP contribution is 2.26. The van der Waals surface area contributed by atoms with Gasteiger partial charge in [0.15, 0.2) is 0 Å². The van der Waals surface area contributed by atoms with Crippen LogP contribution in [0.25, 0.3) is 0 Å². The third-order valence-electron chi connectivity index (χ3n) is 4.53. The number of carbonyl (C=O) groups is 1. The Labute approximate surface area is 172 Å². The molecule has 3 rings (SSSR count). The van der Waals surface area contributed by atoms with Crippen molar-refractivity contribution >= 4 is 33.4 Å². The first-order valence-corrected chi connectivity index (χ1v) is 11.2. The van der Waals surface area contributed by atoms with E-state index in [0.717, 1.165) is 0 Å². The van der Waals surface area contributed by atoms with Gasteiger partial charge < -0.3 is 10.2 Å². The molecule has 10 heteroatoms. The van der Waals surface area contributed by atoms with E-state index in [1.807, 2.05) is 7.05 Å². The molecule has 0 unspecified atom stereocenters. The van der Waals surface area contributed by atoms with Crippen LogP contribution in [0.3, 0.4) is 0 Å². The average molecular weight is 442 g/mol. The number of alkyl halides is 2. The van der Waals surface area contributed by atoms with Gasteiger partial charge >= 0.3 is 0 Å². The highest BCUT2D eigenvalue weighted by molar-refractivity contribution is 7.99. The second kappa shape index (κ2) is 9.21. The molecule has 6 nitrogen and oxygen atoms in total. The Morgan fingerprint density at radius 1 is 1.07 bits per heavy atom. The van der Waals surface area contributed by atoms with Gasteiger partial charge in [-0.05, 0) is 49.5 Å². The van der Waals surface area contributed by atoms with E-state index in [9.17, 15) is 22.0 Å². The van der Waals surface area contributed by atoms with Gasteiger partial charge in [0.05, 0.1) is 4.90 Å². The molecule has 0 aromatic heterocycles. The number of likely N-dealkylation sites (N-methyl/N-ethyl adjacent to an activating group) is 1. The van der Waals surface area contributed by atoms with E-state index in [4.69, 9.17) is 0 Å². The molecule has 29 heavy (non-hydrogen) atoms. The molecule has 1 aliphatic heterocycles. The van der Waals surface area contributed by atoms with Crippen LogP contribution in [0.2, 0.25) is 0 Å². The zero-order valence-corrected chi connectivity index (χ0v) is 17.3. The van der Waals surface area contributed by atoms with Gasteiger partial charge in [-0.1, -0.05) is 17.8 Å². The minimum absolute atomic E-state index is 0.0679. The number of thioether (sulfide) groups is 1. The van der Waals surface area contributed by atoms with Crippen LogP contribution < -0.4 is 5.32 Å². The van der Waals surface area contributed by atoms with Gasteiger partial charge in [0.25, 0.3) is 11.7 Å². The summed E-state index contributed by atoms with van der Waals surface area (Å²) in [5.41, 5.74) is 0.632. The molecule has 1 amide bonds. The molecular formula is C19H21F2N3O3S2. The molecule has 0 radical (unpaired) electrons. The number of anilines is 1. The normalized spacial score (nSPS) is 16.1. The third-order valence-corrected chi connectivity index (χ3v) is 7.15. The van der Waals surface area contributed by atoms with Crippen LogP contribution in [-0.2, 0) is 10.0 Å². The molecule has 1 aliphatic rings. The molecule has 1 N–H and O–H groups in total. The number of carbonyl (C=O) groups excluding carboxylic acids is 1. The Morgan fingerprint density at radius 3 is 2.34 bits per heavy atom. The van der Waals surface area contributed by atoms with Crippen molar-refractivity contribution in [3.63, 3.8) is 0 Å². The number of amides is 1. The van der Waals surface area contributed by atoms with Crippen LogP contribution >= 0.6 is 11.8 Å². The standard InChI is InChI=1S/C19H21F2N3O3S2/c1-23-9-11-24(12-10-23)29(26,27)17-4-2-3-14(13-17)18(25)22-15-5-7-16(8-6-15)28-19(20)21/h2-8,13,19H,9-12H2,1H3,(H,22,25). The first-order valence-electron chi connectivity index (χ1n) is 8.91. The van der Waals surface area contributed by atoms with Gasteiger partial charge in [0, 0.05) is 42.3 Å². The predicted molar refractivity (Wildman–Crippen MR) is 109 cm³/mol. The average Bonchev–Trinajstić information content (AvgIpc) is 2.69. The Bertz CT molecular complexity index is 961. The second-order valence-corrected chi connectivity index (χ2v) is 9.59. The molecule has 156 valence electrons. The van der Waals surface area contributed by atoms with Gasteiger partial charge in [-0.25, -0.2) is 8.42 Å². The summed E-state index contributed by atoms with van der Waals surface area (Å²) in [5, 5.41) is 2.65. The zero-order chi connectivity index (χ0) is 21.0. The number of rotatable bonds is 6. The van der Waals surface area contributed by atoms with Crippen molar-refractivity contribution in [3.8, 4) is 0 Å². The lowest BCUT2D eigenvalue weighted by Crippen LogP contribution is -2.47. The number of halogens is 2. The van der Waals surface area contributed by atoms with Crippen molar-refractivity contribution in [1.82, 2.24) is 9.21 Å². The largest absolute Gasteiger partial charge is 0.322 e. The van der Waals surface area contributed by atoms with Crippen molar-refractivity contribution in [3.05, 3.63) is 54.1 Å². The maximum absolute atomic E-state index is 12.9. The lowest BCUT2D eigenvalue weighted by Gasteiger charge is -2.31. The minimum Gasteiger partial charge on any atom is -0.322 e. The van der Waals surface area contributed by atoms with Crippen molar-refractivity contribution in [2.24, 2.45) is 0 Å². The van der Waals surface area contributed by atoms with E-state index in [1.54, 1.807) is 0 Å². The molecule has 0 bridgehead atoms. The van der Waals surface area contributed by atoms with Crippen molar-refractivity contribution in [1.29, 1.82) is 0 Å². The van der Waals surface area contributed by atoms with Crippen molar-refractivity contribution in [2.45, 2.75) is 15.5 Å². The molecule has 0 aliphatic carbocycles. The zero-order valence-electron chi connectivity index (χ0n) is 15.7. The third kappa shape index (κ3) is 5.53. The van der Waals surface area contributed by atoms with E-state index in [-0.39, 0.29) is 10.5 Å². The Kier molecular flexibility index (Phi) is 6.89. The maximum atomic E-state index is 12.9. The lowest BCUT2D eigenvalue weighted by molar-refractivity contribution is 0.102. The lowest BCUT2D eigenvalue weighted by atomic mass is 10.2. The molecule has 0 atom stereocenters. The minimum atomic E-state index is -3.68. The molecule has 0 saturated carbocycles. The topological polar surface area (TPSA) is 69.7 Å². The Balaban J connectivity index is 1.72. The number of hydrogen-bond acceptors (Lipinski definition) is 5. The van der Waals surface area contributed by atoms with E-state index in [0.29, 0.717) is 48.5 Å². The van der Waals surface area contributed by atoms with Crippen LogP contribution in [0.1, 0.15) is 10.4 Å². The van der Waals surface area contributed by atoms with Gasteiger partial charge in [-0.3, -0.25) is 4.79 Å². The van der Waals surface area contributed by atoms with Gasteiger partial charge in [0.2, 0.25) is 10.0 Å². The Hall–Kier alpha value is -2.01. The fraction of sp³-hybridized carbons (Fsp3) is 0.316. The fourth-order valence-corrected chi connectivity index (χ4v) is 4.87. The molecule has 2 aromatic rings. The summed E-state index contributed by atoms with van der Waals surface area (Å²) < 4.78 is 51.9. The summed E-state index contributed by atoms with van der Waals surface area (Å²) in [6.07, 6.45) is 0. The first-order chi connectivity index (χ1) is 13.8. The highest BCUT2D eigenvalue weighted by Gasteiger charge is 2.27. The molecule has 1 saturated heterocycles. The predicted octanol–water partition coefficient (Wildman–Crippen LogP) is 3.19. The number of piperazine rings is 1. The van der Waals surface area contributed by atoms with Gasteiger partial charge in [-0.2, -0.15) is 13.1 Å². The van der Waals surface area contributed by atoms with Crippen LogP contribution in [0.4, 0.5) is 14.5 Å². The van der Waals surface area contributed by atoms with Crippen LogP contribution in [0.5, 0.6) is 0 Å². The molecule has 0 spiro atoms. The number of benzene rings is 2. The number of sulfonamides is 1. The maximum Gasteiger partial charge on any atom is 0.288 e. The molecule has 1 heterocycles. The summed E-state index contributed by atoms with van der Waals surface area (Å²) in [6, 6.07) is 11.9. The summed E-state index contributed by atoms with van der Waals surface area (Å²) in [5.74, 6) is -2.99. The fourth-order valence-electron chi connectivity index (χ4n) is 2.90. The summed E-state index contributed by atoms with van der Waals surface area (Å²) >= 11 is 0.420. The number of nitrogens with one attached hydrogen (secondary N) is 1. The summed E-state index contributed by atoms with van der Waals surface area (Å²) in [6.45, 7) is 2.11. The number of hydrogen-bond donors (Lipinski definition) is 1. The molecule has 2 aromatic carbocycles. The van der Waals surface area contributed by atoms with Gasteiger partial charge in [0.1, 0.15) is 0 Å². The summed E-state index contributed by atoms with van der Waals surface area (Å²) in [7, 11) is -1.74. The van der Waals surface area contributed by atoms with Crippen LogP contribution in [0.15, 0.2) is 58.3 Å². The summed E-state index contributed by atoms with van der Waals surface area (Å²) in [4.78, 5) is 15.0. The van der Waals surface area contributed by atoms with Gasteiger partial charge in [-0.15, -0.1) is 0 Å². The van der Waals surface area contributed by atoms with E-state index in [2.05, 4.69) is 10.2 Å². The van der Waals surface area contributed by atoms with E-state index in [1.165, 1.54) is 52.8 Å². The quantitative estimate of drug-likeness (QED) is 0.698. The number of nitrogens with zero attached hydrogens (tertiary/aromatic N) is 2. The van der Waals surface area contributed by atoms with Crippen molar-refractivity contribution in [2.75, 3.05) is 38.5 Å². The first kappa shape index (κ1) is 21.7. The van der Waals surface area contributed by atoms with Crippen molar-refractivity contribution < 1.29 is 22.0 Å².